The number of nitrogens with zero attached hydrogens (tertiary/aromatic N) is 2. The monoisotopic (exact) mass is 454 g/mol. The van der Waals surface area contributed by atoms with Crippen LogP contribution in [0.5, 0.6) is 0 Å². The van der Waals surface area contributed by atoms with Gasteiger partial charge in [-0.25, -0.2) is 8.42 Å². The molecule has 0 spiro atoms. The predicted octanol–water partition coefficient (Wildman–Crippen LogP) is -2.77. The number of carboxylic acids is 1. The summed E-state index contributed by atoms with van der Waals surface area (Å²) in [6, 6.07) is 10.2. The maximum absolute atomic E-state index is 13.2. The number of rotatable bonds is 4. The van der Waals surface area contributed by atoms with E-state index in [0.717, 1.165) is 22.0 Å². The van der Waals surface area contributed by atoms with Crippen molar-refractivity contribution in [2.75, 3.05) is 10.8 Å². The quantitative estimate of drug-likeness (QED) is 0.392. The molecule has 3 aliphatic rings. The molecule has 0 bridgehead atoms. The third kappa shape index (κ3) is 2.78. The molecule has 11 heteroatoms. The summed E-state index contributed by atoms with van der Waals surface area (Å²) in [6.07, 6.45) is -0.938. The zero-order valence-electron chi connectivity index (χ0n) is 16.1. The number of sulfonamides is 1. The molecule has 0 aromatic heterocycles. The molecule has 1 saturated heterocycles. The van der Waals surface area contributed by atoms with Crippen molar-refractivity contribution < 1.29 is 57.8 Å². The Hall–Kier alpha value is -1.56. The molecule has 2 aromatic rings. The van der Waals surface area contributed by atoms with Crippen LogP contribution in [0, 0.1) is 5.92 Å². The van der Waals surface area contributed by atoms with E-state index in [4.69, 9.17) is 0 Å². The van der Waals surface area contributed by atoms with E-state index in [-0.39, 0.29) is 51.6 Å². The number of anilines is 1. The first-order chi connectivity index (χ1) is 13.7. The van der Waals surface area contributed by atoms with Crippen LogP contribution in [-0.2, 0) is 19.6 Å². The molecule has 0 aliphatic carbocycles. The maximum Gasteiger partial charge on any atom is 1.00 e. The van der Waals surface area contributed by atoms with Gasteiger partial charge in [0, 0.05) is 10.3 Å². The smallest absolute Gasteiger partial charge is 0.543 e. The van der Waals surface area contributed by atoms with Gasteiger partial charge >= 0.3 is 29.6 Å². The van der Waals surface area contributed by atoms with Gasteiger partial charge in [0.05, 0.1) is 40.8 Å². The average molecular weight is 454 g/mol. The Labute approximate surface area is 198 Å². The van der Waals surface area contributed by atoms with Crippen LogP contribution in [0.2, 0.25) is 0 Å². The molecule has 0 radical (unpaired) electrons. The minimum atomic E-state index is -3.87. The number of fused-ring (bicyclic) bond motifs is 1. The molecule has 3 unspecified atom stereocenters. The second-order valence-electron chi connectivity index (χ2n) is 7.19. The van der Waals surface area contributed by atoms with Crippen molar-refractivity contribution in [1.82, 2.24) is 4.90 Å². The Bertz CT molecular complexity index is 1240. The number of carboxylic acid groups (broad SMARTS) is 1. The summed E-state index contributed by atoms with van der Waals surface area (Å²) in [5.41, 5.74) is 0.150. The number of benzene rings is 2. The summed E-state index contributed by atoms with van der Waals surface area (Å²) in [5.74, 6) is -2.77. The molecule has 8 nitrogen and oxygen atoms in total. The Morgan fingerprint density at radius 2 is 1.93 bits per heavy atom. The van der Waals surface area contributed by atoms with Gasteiger partial charge in [0.25, 0.3) is 10.0 Å². The van der Waals surface area contributed by atoms with Gasteiger partial charge in [0.2, 0.25) is 5.91 Å². The van der Waals surface area contributed by atoms with Crippen LogP contribution in [0.25, 0.3) is 10.8 Å². The summed E-state index contributed by atoms with van der Waals surface area (Å²) < 4.78 is 27.5. The number of carbonyl (C=O) groups excluding carboxylic acids is 2. The number of thioether (sulfide) groups is 1. The summed E-state index contributed by atoms with van der Waals surface area (Å²) in [7, 11) is -3.87. The van der Waals surface area contributed by atoms with Gasteiger partial charge in [0.1, 0.15) is 5.37 Å². The van der Waals surface area contributed by atoms with Crippen LogP contribution in [-0.4, -0.2) is 48.3 Å². The molecular weight excluding hydrogens is 439 g/mol. The molecule has 1 fully saturated rings. The van der Waals surface area contributed by atoms with Gasteiger partial charge in [-0.05, 0) is 24.4 Å². The number of amides is 1. The van der Waals surface area contributed by atoms with E-state index >= 15 is 0 Å². The first-order valence-electron chi connectivity index (χ1n) is 8.90. The minimum Gasteiger partial charge on any atom is -0.543 e. The van der Waals surface area contributed by atoms with E-state index in [1.54, 1.807) is 18.2 Å². The summed E-state index contributed by atoms with van der Waals surface area (Å²) in [6.45, 7) is 1.25. The number of aliphatic hydroxyl groups excluding tert-OH is 1. The fraction of sp³-hybridized carbons (Fsp3) is 0.263. The van der Waals surface area contributed by atoms with Crippen LogP contribution in [0.1, 0.15) is 6.92 Å². The molecule has 5 rings (SSSR count). The van der Waals surface area contributed by atoms with Crippen LogP contribution < -0.4 is 39.0 Å². The summed E-state index contributed by atoms with van der Waals surface area (Å²) in [4.78, 5) is 25.6. The Kier molecular flexibility index (Phi) is 5.23. The van der Waals surface area contributed by atoms with Crippen molar-refractivity contribution in [2.45, 2.75) is 23.3 Å². The van der Waals surface area contributed by atoms with Crippen LogP contribution in [0.3, 0.4) is 0 Å². The normalized spacial score (nSPS) is 24.5. The first-order valence-corrected chi connectivity index (χ1v) is 11.2. The molecule has 1 N–H and O–H groups in total. The SMILES string of the molecule is CC(O)C1C(=O)N2C(C(=O)[O-])=C(CN3c4cccc5cccc(c45)S3(=O)=O)SC12.[Na+]. The zero-order chi connectivity index (χ0) is 20.7. The van der Waals surface area contributed by atoms with E-state index in [1.807, 2.05) is 12.1 Å². The largest absolute Gasteiger partial charge is 1.00 e. The molecule has 30 heavy (non-hydrogen) atoms. The number of β-lactam (4-membered cyclic amide) rings is 1. The number of hydrogen-bond donors (Lipinski definition) is 1. The van der Waals surface area contributed by atoms with E-state index in [1.165, 1.54) is 17.3 Å². The van der Waals surface area contributed by atoms with Crippen molar-refractivity contribution in [3.63, 3.8) is 0 Å². The van der Waals surface area contributed by atoms with E-state index in [9.17, 15) is 28.2 Å². The molecule has 0 saturated carbocycles. The first kappa shape index (κ1) is 21.7. The van der Waals surface area contributed by atoms with Gasteiger partial charge in [-0.15, -0.1) is 0 Å². The second-order valence-corrected chi connectivity index (χ2v) is 10.2. The van der Waals surface area contributed by atoms with E-state index in [0.29, 0.717) is 11.1 Å². The van der Waals surface area contributed by atoms with Crippen molar-refractivity contribution in [2.24, 2.45) is 5.92 Å². The molecular formula is C19H15N2NaO6S2. The van der Waals surface area contributed by atoms with Crippen molar-refractivity contribution in [3.8, 4) is 0 Å². The number of carbonyl (C=O) groups is 2. The van der Waals surface area contributed by atoms with Crippen LogP contribution in [0.4, 0.5) is 5.69 Å². The fourth-order valence-electron chi connectivity index (χ4n) is 4.21. The van der Waals surface area contributed by atoms with Crippen molar-refractivity contribution >= 4 is 50.1 Å². The minimum absolute atomic E-state index is 0. The van der Waals surface area contributed by atoms with Gasteiger partial charge in [-0.3, -0.25) is 14.0 Å². The number of hydrogen-bond acceptors (Lipinski definition) is 7. The fourth-order valence-corrected chi connectivity index (χ4v) is 7.57. The summed E-state index contributed by atoms with van der Waals surface area (Å²) >= 11 is 1.09. The molecule has 1 amide bonds. The second kappa shape index (κ2) is 7.25. The predicted molar refractivity (Wildman–Crippen MR) is 104 cm³/mol. The third-order valence-electron chi connectivity index (χ3n) is 5.53. The topological polar surface area (TPSA) is 118 Å². The summed E-state index contributed by atoms with van der Waals surface area (Å²) in [5, 5.41) is 22.4. The van der Waals surface area contributed by atoms with Gasteiger partial charge in [0.15, 0.2) is 0 Å². The molecule has 150 valence electrons. The average Bonchev–Trinajstić information content (AvgIpc) is 3.09. The van der Waals surface area contributed by atoms with Crippen molar-refractivity contribution in [3.05, 3.63) is 47.0 Å². The number of aliphatic hydroxyl groups is 1. The molecule has 2 aromatic carbocycles. The molecule has 3 aliphatic heterocycles. The van der Waals surface area contributed by atoms with Crippen LogP contribution in [0.15, 0.2) is 51.9 Å². The zero-order valence-corrected chi connectivity index (χ0v) is 19.7. The van der Waals surface area contributed by atoms with Gasteiger partial charge in [-0.2, -0.15) is 0 Å². The Morgan fingerprint density at radius 1 is 1.27 bits per heavy atom. The Balaban J connectivity index is 0.00000218. The Morgan fingerprint density at radius 3 is 2.57 bits per heavy atom. The molecule has 3 heterocycles. The van der Waals surface area contributed by atoms with E-state index in [2.05, 4.69) is 0 Å². The van der Waals surface area contributed by atoms with Gasteiger partial charge < -0.3 is 15.0 Å². The van der Waals surface area contributed by atoms with E-state index < -0.39 is 39.3 Å². The molecule has 3 atom stereocenters. The maximum atomic E-state index is 13.2. The van der Waals surface area contributed by atoms with Crippen LogP contribution >= 0.6 is 11.8 Å². The standard InChI is InChI=1S/C19H16N2O6S2.Na/c1-9(22)14-17(23)21-16(19(24)25)12(28-18(14)21)8-20-11-6-2-4-10-5-3-7-13(15(10)11)29(20,26)27;/h2-7,9,14,18,22H,8H2,1H3,(H,24,25);/q;+1/p-1. The van der Waals surface area contributed by atoms with Gasteiger partial charge in [-0.1, -0.05) is 36.0 Å². The number of aliphatic carboxylic acids is 1. The van der Waals surface area contributed by atoms with Crippen molar-refractivity contribution in [1.29, 1.82) is 0 Å². The third-order valence-corrected chi connectivity index (χ3v) is 8.69.